The first-order valence-electron chi connectivity index (χ1n) is 11.9. The van der Waals surface area contributed by atoms with Crippen molar-refractivity contribution in [3.05, 3.63) is 53.6 Å². The molecular formula is C25H35N5O4S. The fourth-order valence-electron chi connectivity index (χ4n) is 4.32. The Hall–Kier alpha value is -2.85. The predicted octanol–water partition coefficient (Wildman–Crippen LogP) is 1.84. The van der Waals surface area contributed by atoms with Crippen LogP contribution in [0.5, 0.6) is 0 Å². The van der Waals surface area contributed by atoms with Gasteiger partial charge in [-0.2, -0.15) is 11.8 Å². The number of hydrogen-bond acceptors (Lipinski definition) is 6. The van der Waals surface area contributed by atoms with Crippen LogP contribution in [0.25, 0.3) is 0 Å². The van der Waals surface area contributed by atoms with Gasteiger partial charge in [0.05, 0.1) is 12.4 Å². The monoisotopic (exact) mass is 501 g/mol. The molecule has 1 aromatic heterocycles. The molecule has 0 fully saturated rings. The van der Waals surface area contributed by atoms with Crippen molar-refractivity contribution in [2.45, 2.75) is 57.8 Å². The van der Waals surface area contributed by atoms with E-state index >= 15 is 0 Å². The van der Waals surface area contributed by atoms with E-state index in [9.17, 15) is 19.5 Å². The minimum absolute atomic E-state index is 0.00139. The molecule has 0 saturated heterocycles. The second-order valence-corrected chi connectivity index (χ2v) is 10.1. The van der Waals surface area contributed by atoms with Crippen LogP contribution in [0.15, 0.2) is 36.8 Å². The van der Waals surface area contributed by atoms with E-state index in [0.29, 0.717) is 38.1 Å². The smallest absolute Gasteiger partial charge is 0.326 e. The van der Waals surface area contributed by atoms with Crippen molar-refractivity contribution < 1.29 is 19.5 Å². The van der Waals surface area contributed by atoms with E-state index in [4.69, 9.17) is 0 Å². The third-order valence-electron chi connectivity index (χ3n) is 6.31. The van der Waals surface area contributed by atoms with E-state index in [0.717, 1.165) is 16.8 Å². The summed E-state index contributed by atoms with van der Waals surface area (Å²) in [6.07, 6.45) is 6.64. The number of nitrogens with one attached hydrogen (secondary N) is 3. The molecule has 190 valence electrons. The van der Waals surface area contributed by atoms with Gasteiger partial charge < -0.3 is 25.6 Å². The molecule has 35 heavy (non-hydrogen) atoms. The number of carboxylic acids is 1. The molecule has 1 aliphatic rings. The van der Waals surface area contributed by atoms with Gasteiger partial charge >= 0.3 is 5.97 Å². The van der Waals surface area contributed by atoms with Gasteiger partial charge in [-0.25, -0.2) is 9.78 Å². The van der Waals surface area contributed by atoms with Gasteiger partial charge in [-0.3, -0.25) is 9.59 Å². The van der Waals surface area contributed by atoms with E-state index in [1.54, 1.807) is 17.4 Å². The Bertz CT molecular complexity index is 998. The van der Waals surface area contributed by atoms with Crippen molar-refractivity contribution in [2.75, 3.05) is 18.6 Å². The first-order valence-corrected chi connectivity index (χ1v) is 13.3. The molecule has 2 aromatic rings. The summed E-state index contributed by atoms with van der Waals surface area (Å²) in [5, 5.41) is 15.6. The van der Waals surface area contributed by atoms with Gasteiger partial charge in [0.25, 0.3) is 0 Å². The van der Waals surface area contributed by atoms with Gasteiger partial charge in [0.2, 0.25) is 11.8 Å². The molecule has 0 spiro atoms. The maximum absolute atomic E-state index is 13.8. The Kier molecular flexibility index (Phi) is 9.73. The van der Waals surface area contributed by atoms with Crippen molar-refractivity contribution >= 4 is 29.5 Å². The first-order chi connectivity index (χ1) is 16.8. The average molecular weight is 502 g/mol. The Labute approximate surface area is 210 Å². The highest BCUT2D eigenvalue weighted by molar-refractivity contribution is 7.98. The van der Waals surface area contributed by atoms with Gasteiger partial charge in [-0.05, 0) is 35.5 Å². The highest BCUT2D eigenvalue weighted by Gasteiger charge is 2.39. The van der Waals surface area contributed by atoms with Crippen LogP contribution in [0.3, 0.4) is 0 Å². The van der Waals surface area contributed by atoms with Crippen molar-refractivity contribution in [3.8, 4) is 0 Å². The lowest BCUT2D eigenvalue weighted by molar-refractivity contribution is -0.146. The third kappa shape index (κ3) is 7.08. The van der Waals surface area contributed by atoms with E-state index in [-0.39, 0.29) is 11.8 Å². The lowest BCUT2D eigenvalue weighted by atomic mass is 9.91. The molecular weight excluding hydrogens is 466 g/mol. The number of amides is 2. The van der Waals surface area contributed by atoms with Crippen LogP contribution in [0, 0.1) is 5.92 Å². The molecule has 0 saturated carbocycles. The number of aromatic amines is 1. The average Bonchev–Trinajstić information content (AvgIpc) is 3.36. The van der Waals surface area contributed by atoms with E-state index in [1.807, 2.05) is 44.4 Å². The number of aliphatic carboxylic acids is 1. The number of imidazole rings is 1. The molecule has 10 heteroatoms. The Balaban J connectivity index is 1.79. The molecule has 0 bridgehead atoms. The molecule has 1 aliphatic heterocycles. The molecule has 3 atom stereocenters. The van der Waals surface area contributed by atoms with Crippen LogP contribution in [0.4, 0.5) is 0 Å². The lowest BCUT2D eigenvalue weighted by Gasteiger charge is -2.39. The fourth-order valence-corrected chi connectivity index (χ4v) is 4.79. The summed E-state index contributed by atoms with van der Waals surface area (Å²) >= 11 is 1.53. The second kappa shape index (κ2) is 12.7. The summed E-state index contributed by atoms with van der Waals surface area (Å²) in [6, 6.07) is 5.53. The number of H-pyrrole nitrogens is 1. The Morgan fingerprint density at radius 3 is 2.63 bits per heavy atom. The second-order valence-electron chi connectivity index (χ2n) is 9.14. The number of nitrogens with zero attached hydrogens (tertiary/aromatic N) is 2. The van der Waals surface area contributed by atoms with Crippen molar-refractivity contribution in [1.82, 2.24) is 25.5 Å². The minimum Gasteiger partial charge on any atom is -0.480 e. The first kappa shape index (κ1) is 26.7. The van der Waals surface area contributed by atoms with Crippen LogP contribution in [0.1, 0.15) is 37.1 Å². The van der Waals surface area contributed by atoms with E-state index < -0.39 is 30.0 Å². The maximum Gasteiger partial charge on any atom is 0.326 e. The summed E-state index contributed by atoms with van der Waals surface area (Å²) in [4.78, 5) is 47.6. The number of aromatic nitrogens is 2. The van der Waals surface area contributed by atoms with Gasteiger partial charge in [0.15, 0.2) is 0 Å². The van der Waals surface area contributed by atoms with Crippen LogP contribution in [-0.2, 0) is 33.8 Å². The molecule has 2 heterocycles. The van der Waals surface area contributed by atoms with E-state index in [1.165, 1.54) is 11.8 Å². The van der Waals surface area contributed by atoms with Crippen molar-refractivity contribution in [2.24, 2.45) is 5.92 Å². The highest BCUT2D eigenvalue weighted by atomic mass is 32.2. The standard InChI is InChI=1S/C25H35N5O4S/c1-16(2)22(27-10-8-19-13-26-15-28-19)24(32)30-14-18-7-5-4-6-17(18)12-21(30)23(31)29-20(25(33)34)9-11-35-3/h4-7,13,15-16,20-22,27H,8-12,14H2,1-3H3,(H,26,28)(H,29,31)(H,33,34)/t20?,21?,22-/m0/s1. The SMILES string of the molecule is CSCCC(NC(=O)C1Cc2ccccc2CN1C(=O)[C@@H](NCCc1cnc[nH]1)C(C)C)C(=O)O. The third-order valence-corrected chi connectivity index (χ3v) is 6.95. The Morgan fingerprint density at radius 2 is 2.00 bits per heavy atom. The molecule has 0 aliphatic carbocycles. The number of rotatable bonds is 12. The van der Waals surface area contributed by atoms with Crippen molar-refractivity contribution in [1.29, 1.82) is 0 Å². The summed E-state index contributed by atoms with van der Waals surface area (Å²) in [6.45, 7) is 4.83. The van der Waals surface area contributed by atoms with Gasteiger partial charge in [0, 0.05) is 37.8 Å². The Morgan fingerprint density at radius 1 is 1.26 bits per heavy atom. The van der Waals surface area contributed by atoms with Crippen LogP contribution < -0.4 is 10.6 Å². The number of carbonyl (C=O) groups is 3. The normalized spacial score (nSPS) is 17.0. The summed E-state index contributed by atoms with van der Waals surface area (Å²) in [5.74, 6) is -1.04. The molecule has 2 amide bonds. The number of carboxylic acid groups (broad SMARTS) is 1. The number of hydrogen-bond donors (Lipinski definition) is 4. The summed E-state index contributed by atoms with van der Waals surface area (Å²) in [7, 11) is 0. The predicted molar refractivity (Wildman–Crippen MR) is 136 cm³/mol. The summed E-state index contributed by atoms with van der Waals surface area (Å²) in [5.41, 5.74) is 2.98. The molecule has 9 nitrogen and oxygen atoms in total. The lowest BCUT2D eigenvalue weighted by Crippen LogP contribution is -2.59. The van der Waals surface area contributed by atoms with Crippen LogP contribution in [-0.4, -0.2) is 74.4 Å². The number of carbonyl (C=O) groups excluding carboxylic acids is 2. The maximum atomic E-state index is 13.8. The molecule has 3 rings (SSSR count). The van der Waals surface area contributed by atoms with Crippen molar-refractivity contribution in [3.63, 3.8) is 0 Å². The molecule has 4 N–H and O–H groups in total. The number of thioether (sulfide) groups is 1. The number of benzene rings is 1. The van der Waals surface area contributed by atoms with E-state index in [2.05, 4.69) is 20.6 Å². The zero-order valence-electron chi connectivity index (χ0n) is 20.5. The van der Waals surface area contributed by atoms with Crippen LogP contribution in [0.2, 0.25) is 0 Å². The molecule has 0 radical (unpaired) electrons. The minimum atomic E-state index is -1.07. The topological polar surface area (TPSA) is 127 Å². The zero-order valence-corrected chi connectivity index (χ0v) is 21.3. The highest BCUT2D eigenvalue weighted by Crippen LogP contribution is 2.25. The summed E-state index contributed by atoms with van der Waals surface area (Å²) < 4.78 is 0. The molecule has 2 unspecified atom stereocenters. The largest absolute Gasteiger partial charge is 0.480 e. The van der Waals surface area contributed by atoms with Crippen LogP contribution >= 0.6 is 11.8 Å². The molecule has 1 aromatic carbocycles. The zero-order chi connectivity index (χ0) is 25.4. The quantitative estimate of drug-likeness (QED) is 0.349. The fraction of sp³-hybridized carbons (Fsp3) is 0.520. The van der Waals surface area contributed by atoms with Gasteiger partial charge in [-0.15, -0.1) is 0 Å². The van der Waals surface area contributed by atoms with Gasteiger partial charge in [0.1, 0.15) is 12.1 Å². The van der Waals surface area contributed by atoms with Gasteiger partial charge in [-0.1, -0.05) is 38.1 Å². The number of fused-ring (bicyclic) bond motifs is 1.